The zero-order valence-electron chi connectivity index (χ0n) is 9.03. The molecule has 0 aliphatic carbocycles. The van der Waals surface area contributed by atoms with Gasteiger partial charge in [0, 0.05) is 26.7 Å². The minimum atomic E-state index is 0.422. The first-order valence-electron chi connectivity index (χ1n) is 4.64. The van der Waals surface area contributed by atoms with Gasteiger partial charge in [-0.05, 0) is 14.1 Å². The van der Waals surface area contributed by atoms with Crippen LogP contribution in [0.1, 0.15) is 5.69 Å². The first kappa shape index (κ1) is 11.0. The van der Waals surface area contributed by atoms with Crippen molar-refractivity contribution in [3.63, 3.8) is 0 Å². The number of nitrogens with zero attached hydrogens (tertiary/aromatic N) is 3. The molecule has 0 saturated heterocycles. The van der Waals surface area contributed by atoms with Crippen LogP contribution in [0.15, 0.2) is 10.7 Å². The Kier molecular flexibility index (Phi) is 3.91. The molecule has 2 N–H and O–H groups in total. The molecular formula is C9H18N4O. The van der Waals surface area contributed by atoms with Gasteiger partial charge in [0.2, 0.25) is 0 Å². The van der Waals surface area contributed by atoms with E-state index in [0.717, 1.165) is 18.8 Å². The van der Waals surface area contributed by atoms with Crippen LogP contribution in [-0.2, 0) is 6.54 Å². The van der Waals surface area contributed by atoms with E-state index in [1.54, 1.807) is 6.26 Å². The van der Waals surface area contributed by atoms with Gasteiger partial charge in [-0.3, -0.25) is 0 Å². The Hall–Kier alpha value is -1.07. The standard InChI is InChI=1S/C9H18N4O/c1-12(2)4-5-13(3)9-11-8(6-10)7-14-9/h7H,4-6,10H2,1-3H3. The van der Waals surface area contributed by atoms with E-state index in [0.29, 0.717) is 12.6 Å². The van der Waals surface area contributed by atoms with Crippen LogP contribution in [0.2, 0.25) is 0 Å². The molecule has 0 radical (unpaired) electrons. The molecule has 1 aromatic rings. The Morgan fingerprint density at radius 3 is 2.57 bits per heavy atom. The lowest BCUT2D eigenvalue weighted by Crippen LogP contribution is -2.28. The van der Waals surface area contributed by atoms with Crippen molar-refractivity contribution in [2.75, 3.05) is 39.1 Å². The molecule has 80 valence electrons. The topological polar surface area (TPSA) is 58.5 Å². The van der Waals surface area contributed by atoms with Crippen LogP contribution in [0.3, 0.4) is 0 Å². The molecule has 0 unspecified atom stereocenters. The number of nitrogens with two attached hydrogens (primary N) is 1. The Balaban J connectivity index is 2.47. The molecule has 0 bridgehead atoms. The monoisotopic (exact) mass is 198 g/mol. The lowest BCUT2D eigenvalue weighted by Gasteiger charge is -2.17. The number of likely N-dealkylation sites (N-methyl/N-ethyl adjacent to an activating group) is 2. The summed E-state index contributed by atoms with van der Waals surface area (Å²) in [7, 11) is 6.03. The summed E-state index contributed by atoms with van der Waals surface area (Å²) >= 11 is 0. The van der Waals surface area contributed by atoms with E-state index in [1.165, 1.54) is 0 Å². The molecule has 0 aliphatic heterocycles. The van der Waals surface area contributed by atoms with E-state index in [1.807, 2.05) is 26.0 Å². The molecule has 0 fully saturated rings. The zero-order valence-corrected chi connectivity index (χ0v) is 9.03. The van der Waals surface area contributed by atoms with Gasteiger partial charge < -0.3 is 20.0 Å². The van der Waals surface area contributed by atoms with Crippen LogP contribution >= 0.6 is 0 Å². The van der Waals surface area contributed by atoms with E-state index in [-0.39, 0.29) is 0 Å². The van der Waals surface area contributed by atoms with Gasteiger partial charge >= 0.3 is 0 Å². The maximum absolute atomic E-state index is 5.44. The maximum atomic E-state index is 5.44. The van der Waals surface area contributed by atoms with Crippen LogP contribution in [0.5, 0.6) is 0 Å². The fourth-order valence-corrected chi connectivity index (χ4v) is 1.01. The summed E-state index contributed by atoms with van der Waals surface area (Å²) in [5, 5.41) is 0. The Labute approximate surface area is 84.5 Å². The number of oxazole rings is 1. The molecule has 0 aromatic carbocycles. The van der Waals surface area contributed by atoms with Crippen molar-refractivity contribution < 1.29 is 4.42 Å². The summed E-state index contributed by atoms with van der Waals surface area (Å²) < 4.78 is 5.27. The van der Waals surface area contributed by atoms with Crippen LogP contribution in [-0.4, -0.2) is 44.1 Å². The third-order valence-corrected chi connectivity index (χ3v) is 1.96. The number of rotatable bonds is 5. The van der Waals surface area contributed by atoms with Crippen molar-refractivity contribution in [1.82, 2.24) is 9.88 Å². The largest absolute Gasteiger partial charge is 0.432 e. The summed E-state index contributed by atoms with van der Waals surface area (Å²) in [5.74, 6) is 0. The van der Waals surface area contributed by atoms with Crippen molar-refractivity contribution in [1.29, 1.82) is 0 Å². The highest BCUT2D eigenvalue weighted by atomic mass is 16.4. The molecule has 1 aromatic heterocycles. The van der Waals surface area contributed by atoms with Crippen molar-refractivity contribution in [2.24, 2.45) is 5.73 Å². The van der Waals surface area contributed by atoms with Gasteiger partial charge in [0.15, 0.2) is 0 Å². The molecular weight excluding hydrogens is 180 g/mol. The molecule has 0 saturated carbocycles. The zero-order chi connectivity index (χ0) is 10.6. The molecule has 5 heteroatoms. The summed E-state index contributed by atoms with van der Waals surface area (Å²) in [5.41, 5.74) is 6.22. The second-order valence-electron chi connectivity index (χ2n) is 3.55. The van der Waals surface area contributed by atoms with E-state index in [4.69, 9.17) is 10.2 Å². The molecule has 14 heavy (non-hydrogen) atoms. The summed E-state index contributed by atoms with van der Waals surface area (Å²) in [6.07, 6.45) is 1.60. The van der Waals surface area contributed by atoms with Gasteiger partial charge in [0.25, 0.3) is 6.01 Å². The number of anilines is 1. The molecule has 0 amide bonds. The quantitative estimate of drug-likeness (QED) is 0.729. The highest BCUT2D eigenvalue weighted by molar-refractivity contribution is 5.25. The van der Waals surface area contributed by atoms with Crippen molar-refractivity contribution in [2.45, 2.75) is 6.54 Å². The molecule has 0 atom stereocenters. The molecule has 1 heterocycles. The van der Waals surface area contributed by atoms with Crippen LogP contribution in [0.4, 0.5) is 6.01 Å². The maximum Gasteiger partial charge on any atom is 0.297 e. The Bertz CT molecular complexity index is 272. The average Bonchev–Trinajstić information content (AvgIpc) is 2.62. The second-order valence-corrected chi connectivity index (χ2v) is 3.55. The van der Waals surface area contributed by atoms with Gasteiger partial charge in [-0.25, -0.2) is 0 Å². The second kappa shape index (κ2) is 4.97. The van der Waals surface area contributed by atoms with Crippen molar-refractivity contribution in [3.8, 4) is 0 Å². The number of aromatic nitrogens is 1. The van der Waals surface area contributed by atoms with Gasteiger partial charge in [-0.15, -0.1) is 0 Å². The SMILES string of the molecule is CN(C)CCN(C)c1nc(CN)co1. The van der Waals surface area contributed by atoms with Gasteiger partial charge in [-0.1, -0.05) is 0 Å². The van der Waals surface area contributed by atoms with E-state index in [2.05, 4.69) is 9.88 Å². The van der Waals surface area contributed by atoms with Crippen molar-refractivity contribution >= 4 is 6.01 Å². The van der Waals surface area contributed by atoms with E-state index < -0.39 is 0 Å². The van der Waals surface area contributed by atoms with E-state index in [9.17, 15) is 0 Å². The minimum Gasteiger partial charge on any atom is -0.432 e. The Morgan fingerprint density at radius 1 is 1.36 bits per heavy atom. The van der Waals surface area contributed by atoms with Gasteiger partial charge in [0.05, 0.1) is 5.69 Å². The molecule has 0 spiro atoms. The number of hydrogen-bond donors (Lipinski definition) is 1. The normalized spacial score (nSPS) is 10.9. The summed E-state index contributed by atoms with van der Waals surface area (Å²) in [4.78, 5) is 8.31. The summed E-state index contributed by atoms with van der Waals surface area (Å²) in [6.45, 7) is 2.28. The van der Waals surface area contributed by atoms with Crippen LogP contribution in [0, 0.1) is 0 Å². The average molecular weight is 198 g/mol. The number of hydrogen-bond acceptors (Lipinski definition) is 5. The third kappa shape index (κ3) is 3.01. The highest BCUT2D eigenvalue weighted by Crippen LogP contribution is 2.10. The fraction of sp³-hybridized carbons (Fsp3) is 0.667. The predicted octanol–water partition coefficient (Wildman–Crippen LogP) is 0.131. The van der Waals surface area contributed by atoms with Crippen LogP contribution < -0.4 is 10.6 Å². The lowest BCUT2D eigenvalue weighted by atomic mass is 10.5. The highest BCUT2D eigenvalue weighted by Gasteiger charge is 2.07. The van der Waals surface area contributed by atoms with Crippen molar-refractivity contribution in [3.05, 3.63) is 12.0 Å². The lowest BCUT2D eigenvalue weighted by molar-refractivity contribution is 0.410. The molecule has 5 nitrogen and oxygen atoms in total. The van der Waals surface area contributed by atoms with Gasteiger partial charge in [0.1, 0.15) is 6.26 Å². The summed E-state index contributed by atoms with van der Waals surface area (Å²) in [6, 6.07) is 0.632. The first-order chi connectivity index (χ1) is 6.63. The Morgan fingerprint density at radius 2 is 2.07 bits per heavy atom. The van der Waals surface area contributed by atoms with Gasteiger partial charge in [-0.2, -0.15) is 4.98 Å². The third-order valence-electron chi connectivity index (χ3n) is 1.96. The smallest absolute Gasteiger partial charge is 0.297 e. The fourth-order valence-electron chi connectivity index (χ4n) is 1.01. The molecule has 1 rings (SSSR count). The minimum absolute atomic E-state index is 0.422. The molecule has 0 aliphatic rings. The first-order valence-corrected chi connectivity index (χ1v) is 4.64. The van der Waals surface area contributed by atoms with Crippen LogP contribution in [0.25, 0.3) is 0 Å². The predicted molar refractivity (Wildman–Crippen MR) is 56.2 cm³/mol. The van der Waals surface area contributed by atoms with E-state index >= 15 is 0 Å².